The van der Waals surface area contributed by atoms with Gasteiger partial charge in [0.15, 0.2) is 0 Å². The van der Waals surface area contributed by atoms with Gasteiger partial charge in [-0.3, -0.25) is 9.78 Å². The van der Waals surface area contributed by atoms with Crippen molar-refractivity contribution in [2.45, 2.75) is 19.4 Å². The van der Waals surface area contributed by atoms with Crippen LogP contribution < -0.4 is 10.6 Å². The number of carbonyl (C=O) groups excluding carboxylic acids is 1. The van der Waals surface area contributed by atoms with E-state index in [1.807, 2.05) is 12.1 Å². The lowest BCUT2D eigenvalue weighted by Gasteiger charge is -2.21. The fraction of sp³-hybridized carbons (Fsp3) is 0.500. The number of piperidine rings is 1. The Morgan fingerprint density at radius 1 is 1.50 bits per heavy atom. The molecule has 0 saturated carbocycles. The van der Waals surface area contributed by atoms with E-state index in [9.17, 15) is 4.79 Å². The minimum atomic E-state index is 0.135. The van der Waals surface area contributed by atoms with Crippen molar-refractivity contribution in [1.82, 2.24) is 15.6 Å². The van der Waals surface area contributed by atoms with Gasteiger partial charge in [0.2, 0.25) is 5.91 Å². The van der Waals surface area contributed by atoms with E-state index in [1.165, 1.54) is 0 Å². The molecule has 1 aliphatic heterocycles. The fourth-order valence-electron chi connectivity index (χ4n) is 1.91. The first-order valence-corrected chi connectivity index (χ1v) is 5.73. The number of pyridine rings is 1. The highest BCUT2D eigenvalue weighted by atomic mass is 16.1. The van der Waals surface area contributed by atoms with E-state index in [-0.39, 0.29) is 11.8 Å². The molecule has 1 aromatic rings. The first-order chi connectivity index (χ1) is 7.86. The van der Waals surface area contributed by atoms with Gasteiger partial charge >= 0.3 is 0 Å². The molecule has 16 heavy (non-hydrogen) atoms. The van der Waals surface area contributed by atoms with Crippen molar-refractivity contribution in [2.75, 3.05) is 13.1 Å². The third-order valence-electron chi connectivity index (χ3n) is 2.88. The monoisotopic (exact) mass is 219 g/mol. The molecule has 4 nitrogen and oxygen atoms in total. The summed E-state index contributed by atoms with van der Waals surface area (Å²) < 4.78 is 0. The Bertz CT molecular complexity index is 333. The summed E-state index contributed by atoms with van der Waals surface area (Å²) in [5, 5.41) is 6.21. The van der Waals surface area contributed by atoms with Crippen molar-refractivity contribution >= 4 is 5.91 Å². The fourth-order valence-corrected chi connectivity index (χ4v) is 1.91. The highest BCUT2D eigenvalue weighted by molar-refractivity contribution is 5.78. The lowest BCUT2D eigenvalue weighted by molar-refractivity contribution is -0.125. The zero-order valence-electron chi connectivity index (χ0n) is 9.28. The van der Waals surface area contributed by atoms with Crippen molar-refractivity contribution < 1.29 is 4.79 Å². The highest BCUT2D eigenvalue weighted by Crippen LogP contribution is 2.09. The van der Waals surface area contributed by atoms with Crippen LogP contribution in [0.4, 0.5) is 0 Å². The molecule has 1 aromatic heterocycles. The van der Waals surface area contributed by atoms with Crippen LogP contribution in [0.15, 0.2) is 24.5 Å². The third-order valence-corrected chi connectivity index (χ3v) is 2.88. The quantitative estimate of drug-likeness (QED) is 0.786. The predicted octanol–water partition coefficient (Wildman–Crippen LogP) is 0.697. The maximum atomic E-state index is 11.8. The third kappa shape index (κ3) is 3.03. The van der Waals surface area contributed by atoms with Gasteiger partial charge in [0.25, 0.3) is 0 Å². The molecule has 0 radical (unpaired) electrons. The highest BCUT2D eigenvalue weighted by Gasteiger charge is 2.20. The Kier molecular flexibility index (Phi) is 3.88. The van der Waals surface area contributed by atoms with Crippen molar-refractivity contribution in [2.24, 2.45) is 5.92 Å². The van der Waals surface area contributed by atoms with Gasteiger partial charge in [0.05, 0.1) is 5.92 Å². The zero-order valence-corrected chi connectivity index (χ0v) is 9.28. The minimum Gasteiger partial charge on any atom is -0.352 e. The molecule has 86 valence electrons. The number of aromatic nitrogens is 1. The molecular formula is C12H17N3O. The average molecular weight is 219 g/mol. The smallest absolute Gasteiger partial charge is 0.224 e. The summed E-state index contributed by atoms with van der Waals surface area (Å²) in [6, 6.07) is 3.83. The van der Waals surface area contributed by atoms with Crippen LogP contribution in [0.5, 0.6) is 0 Å². The standard InChI is InChI=1S/C12H17N3O/c16-12(11-2-1-5-14-9-11)15-8-10-3-6-13-7-4-10/h3-4,6-7,11,14H,1-2,5,8-9H2,(H,15,16). The first kappa shape index (κ1) is 11.1. The lowest BCUT2D eigenvalue weighted by atomic mass is 9.99. The van der Waals surface area contributed by atoms with Gasteiger partial charge in [0, 0.05) is 25.5 Å². The molecule has 1 amide bonds. The van der Waals surface area contributed by atoms with Gasteiger partial charge in [-0.25, -0.2) is 0 Å². The van der Waals surface area contributed by atoms with Crippen LogP contribution in [0.1, 0.15) is 18.4 Å². The van der Waals surface area contributed by atoms with Crippen LogP contribution in [0.2, 0.25) is 0 Å². The minimum absolute atomic E-state index is 0.135. The van der Waals surface area contributed by atoms with E-state index in [0.717, 1.165) is 31.5 Å². The molecule has 2 rings (SSSR count). The molecule has 4 heteroatoms. The van der Waals surface area contributed by atoms with E-state index >= 15 is 0 Å². The van der Waals surface area contributed by atoms with Crippen LogP contribution in [0.25, 0.3) is 0 Å². The summed E-state index contributed by atoms with van der Waals surface area (Å²) in [5.74, 6) is 0.291. The van der Waals surface area contributed by atoms with E-state index in [1.54, 1.807) is 12.4 Å². The van der Waals surface area contributed by atoms with Crippen molar-refractivity contribution in [3.63, 3.8) is 0 Å². The zero-order chi connectivity index (χ0) is 11.2. The molecule has 1 atom stereocenters. The topological polar surface area (TPSA) is 54.0 Å². The van der Waals surface area contributed by atoms with E-state index in [2.05, 4.69) is 15.6 Å². The van der Waals surface area contributed by atoms with E-state index < -0.39 is 0 Å². The largest absolute Gasteiger partial charge is 0.352 e. The number of nitrogens with zero attached hydrogens (tertiary/aromatic N) is 1. The molecule has 1 unspecified atom stereocenters. The van der Waals surface area contributed by atoms with Crippen molar-refractivity contribution in [3.05, 3.63) is 30.1 Å². The van der Waals surface area contributed by atoms with E-state index in [4.69, 9.17) is 0 Å². The second-order valence-electron chi connectivity index (χ2n) is 4.12. The van der Waals surface area contributed by atoms with Crippen LogP contribution in [0.3, 0.4) is 0 Å². The number of hydrogen-bond acceptors (Lipinski definition) is 3. The maximum Gasteiger partial charge on any atom is 0.224 e. The number of nitrogens with one attached hydrogen (secondary N) is 2. The van der Waals surface area contributed by atoms with Crippen molar-refractivity contribution in [1.29, 1.82) is 0 Å². The second kappa shape index (κ2) is 5.61. The summed E-state index contributed by atoms with van der Waals surface area (Å²) in [6.45, 7) is 2.44. The van der Waals surface area contributed by atoms with Gasteiger partial charge in [-0.05, 0) is 37.1 Å². The number of amides is 1. The molecule has 1 aliphatic rings. The summed E-state index contributed by atoms with van der Waals surface area (Å²) in [5.41, 5.74) is 1.09. The van der Waals surface area contributed by atoms with Crippen LogP contribution in [0, 0.1) is 5.92 Å². The van der Waals surface area contributed by atoms with Crippen molar-refractivity contribution in [3.8, 4) is 0 Å². The van der Waals surface area contributed by atoms with Gasteiger partial charge in [-0.2, -0.15) is 0 Å². The Morgan fingerprint density at radius 3 is 3.00 bits per heavy atom. The van der Waals surface area contributed by atoms with E-state index in [0.29, 0.717) is 6.54 Å². The normalized spacial score (nSPS) is 20.4. The van der Waals surface area contributed by atoms with Crippen LogP contribution >= 0.6 is 0 Å². The molecular weight excluding hydrogens is 202 g/mol. The second-order valence-corrected chi connectivity index (χ2v) is 4.12. The molecule has 0 spiro atoms. The van der Waals surface area contributed by atoms with Crippen LogP contribution in [-0.2, 0) is 11.3 Å². The molecule has 0 aromatic carbocycles. The SMILES string of the molecule is O=C(NCc1ccncc1)C1CCCNC1. The Labute approximate surface area is 95.5 Å². The van der Waals surface area contributed by atoms with Crippen LogP contribution in [-0.4, -0.2) is 24.0 Å². The van der Waals surface area contributed by atoms with Gasteiger partial charge in [-0.15, -0.1) is 0 Å². The average Bonchev–Trinajstić information content (AvgIpc) is 2.38. The summed E-state index contributed by atoms with van der Waals surface area (Å²) in [4.78, 5) is 15.7. The first-order valence-electron chi connectivity index (χ1n) is 5.73. The summed E-state index contributed by atoms with van der Waals surface area (Å²) >= 11 is 0. The number of hydrogen-bond donors (Lipinski definition) is 2. The Morgan fingerprint density at radius 2 is 2.31 bits per heavy atom. The number of rotatable bonds is 3. The Hall–Kier alpha value is -1.42. The predicted molar refractivity (Wildman–Crippen MR) is 61.7 cm³/mol. The van der Waals surface area contributed by atoms with Gasteiger partial charge < -0.3 is 10.6 Å². The molecule has 0 aliphatic carbocycles. The molecule has 1 fully saturated rings. The molecule has 2 heterocycles. The molecule has 1 saturated heterocycles. The van der Waals surface area contributed by atoms with Gasteiger partial charge in [-0.1, -0.05) is 0 Å². The van der Waals surface area contributed by atoms with Gasteiger partial charge in [0.1, 0.15) is 0 Å². The lowest BCUT2D eigenvalue weighted by Crippen LogP contribution is -2.40. The Balaban J connectivity index is 1.79. The summed E-state index contributed by atoms with van der Waals surface area (Å²) in [6.07, 6.45) is 5.57. The molecule has 0 bridgehead atoms. The maximum absolute atomic E-state index is 11.8. The summed E-state index contributed by atoms with van der Waals surface area (Å²) in [7, 11) is 0. The molecule has 2 N–H and O–H groups in total. The number of carbonyl (C=O) groups is 1.